The van der Waals surface area contributed by atoms with E-state index in [0.29, 0.717) is 28.3 Å². The van der Waals surface area contributed by atoms with E-state index in [9.17, 15) is 9.59 Å². The van der Waals surface area contributed by atoms with E-state index in [4.69, 9.17) is 27.5 Å². The molecule has 0 spiro atoms. The van der Waals surface area contributed by atoms with E-state index in [1.54, 1.807) is 42.5 Å². The molecule has 0 aliphatic carbocycles. The van der Waals surface area contributed by atoms with E-state index < -0.39 is 12.2 Å². The van der Waals surface area contributed by atoms with Crippen LogP contribution < -0.4 is 15.0 Å². The van der Waals surface area contributed by atoms with Gasteiger partial charge < -0.3 is 9.47 Å². The molecule has 2 rings (SSSR count). The van der Waals surface area contributed by atoms with Crippen LogP contribution in [0.15, 0.2) is 48.5 Å². The molecule has 2 aromatic rings. The van der Waals surface area contributed by atoms with Crippen LogP contribution in [0.2, 0.25) is 5.02 Å². The van der Waals surface area contributed by atoms with Gasteiger partial charge in [0, 0.05) is 34.3 Å². The minimum atomic E-state index is -0.698. The molecule has 6 nitrogen and oxygen atoms in total. The minimum absolute atomic E-state index is 0.137. The number of nitrogens with zero attached hydrogens (tertiary/aromatic N) is 1. The summed E-state index contributed by atoms with van der Waals surface area (Å²) in [5, 5.41) is 3.56. The molecule has 140 valence electrons. The van der Waals surface area contributed by atoms with E-state index >= 15 is 0 Å². The molecule has 0 aromatic heterocycles. The quantitative estimate of drug-likeness (QED) is 0.500. The first-order valence-corrected chi connectivity index (χ1v) is 9.31. The standard InChI is InChI=1S/C19H16BrClN2O4/c1-2-11-26-18(24)22-15-6-4-8-17(13-15)27-19(25)23(10-9-20)16-7-3-5-14(21)12-16/h1,3-8,12-13H,9-11H2,(H,22,24). The Morgan fingerprint density at radius 3 is 2.70 bits per heavy atom. The first kappa shape index (κ1) is 20.6. The third-order valence-corrected chi connectivity index (χ3v) is 3.81. The predicted molar refractivity (Wildman–Crippen MR) is 109 cm³/mol. The molecule has 0 aliphatic rings. The highest BCUT2D eigenvalue weighted by atomic mass is 79.9. The van der Waals surface area contributed by atoms with Gasteiger partial charge in [0.2, 0.25) is 0 Å². The van der Waals surface area contributed by atoms with E-state index in [1.165, 1.54) is 11.0 Å². The van der Waals surface area contributed by atoms with Gasteiger partial charge in [0.05, 0.1) is 0 Å². The fourth-order valence-electron chi connectivity index (χ4n) is 2.11. The average Bonchev–Trinajstić information content (AvgIpc) is 2.64. The summed E-state index contributed by atoms with van der Waals surface area (Å²) in [4.78, 5) is 25.6. The summed E-state index contributed by atoms with van der Waals surface area (Å²) in [5.41, 5.74) is 1.01. The monoisotopic (exact) mass is 450 g/mol. The van der Waals surface area contributed by atoms with Crippen molar-refractivity contribution in [2.75, 3.05) is 28.7 Å². The van der Waals surface area contributed by atoms with Crippen LogP contribution in [0.25, 0.3) is 0 Å². The van der Waals surface area contributed by atoms with Crippen LogP contribution >= 0.6 is 27.5 Å². The van der Waals surface area contributed by atoms with E-state index in [-0.39, 0.29) is 12.4 Å². The Labute approximate surface area is 170 Å². The van der Waals surface area contributed by atoms with Gasteiger partial charge in [-0.15, -0.1) is 6.42 Å². The van der Waals surface area contributed by atoms with Gasteiger partial charge in [0.15, 0.2) is 6.61 Å². The largest absolute Gasteiger partial charge is 0.436 e. The van der Waals surface area contributed by atoms with E-state index in [0.717, 1.165) is 0 Å². The van der Waals surface area contributed by atoms with Crippen molar-refractivity contribution in [3.05, 3.63) is 53.6 Å². The molecule has 0 heterocycles. The summed E-state index contributed by atoms with van der Waals surface area (Å²) in [6.45, 7) is 0.247. The molecule has 0 saturated heterocycles. The number of rotatable bonds is 6. The van der Waals surface area contributed by atoms with Gasteiger partial charge >= 0.3 is 12.2 Å². The molecule has 0 atom stereocenters. The summed E-state index contributed by atoms with van der Waals surface area (Å²) < 4.78 is 10.2. The first-order valence-electron chi connectivity index (χ1n) is 7.81. The Kier molecular flexibility index (Phi) is 7.99. The molecule has 8 heteroatoms. The van der Waals surface area contributed by atoms with Crippen molar-refractivity contribution in [3.8, 4) is 18.1 Å². The van der Waals surface area contributed by atoms with Gasteiger partial charge in [-0.2, -0.15) is 0 Å². The van der Waals surface area contributed by atoms with Gasteiger partial charge in [0.1, 0.15) is 5.75 Å². The molecule has 2 amide bonds. The fraction of sp³-hybridized carbons (Fsp3) is 0.158. The molecule has 2 aromatic carbocycles. The molecule has 0 fully saturated rings. The predicted octanol–water partition coefficient (Wildman–Crippen LogP) is 4.92. The van der Waals surface area contributed by atoms with Crippen molar-refractivity contribution in [1.29, 1.82) is 0 Å². The maximum Gasteiger partial charge on any atom is 0.419 e. The molecule has 0 radical (unpaired) electrons. The maximum atomic E-state index is 12.6. The Balaban J connectivity index is 2.10. The van der Waals surface area contributed by atoms with Gasteiger partial charge in [-0.25, -0.2) is 9.59 Å². The van der Waals surface area contributed by atoms with Crippen molar-refractivity contribution < 1.29 is 19.1 Å². The summed E-state index contributed by atoms with van der Waals surface area (Å²) in [6.07, 6.45) is 3.75. The minimum Gasteiger partial charge on any atom is -0.436 e. The second-order valence-electron chi connectivity index (χ2n) is 5.12. The highest BCUT2D eigenvalue weighted by Gasteiger charge is 2.18. The Morgan fingerprint density at radius 2 is 2.00 bits per heavy atom. The third-order valence-electron chi connectivity index (χ3n) is 3.22. The number of halogens is 2. The number of nitrogens with one attached hydrogen (secondary N) is 1. The van der Waals surface area contributed by atoms with Crippen molar-refractivity contribution in [3.63, 3.8) is 0 Å². The maximum absolute atomic E-state index is 12.6. The summed E-state index contributed by atoms with van der Waals surface area (Å²) in [6, 6.07) is 13.3. The van der Waals surface area contributed by atoms with Crippen LogP contribution in [0.5, 0.6) is 5.75 Å². The number of anilines is 2. The van der Waals surface area contributed by atoms with Crippen molar-refractivity contribution in [2.24, 2.45) is 0 Å². The third kappa shape index (κ3) is 6.51. The van der Waals surface area contributed by atoms with Crippen molar-refractivity contribution in [1.82, 2.24) is 0 Å². The lowest BCUT2D eigenvalue weighted by atomic mass is 10.3. The number of benzene rings is 2. The van der Waals surface area contributed by atoms with Crippen LogP contribution in [0, 0.1) is 12.3 Å². The topological polar surface area (TPSA) is 67.9 Å². The number of ether oxygens (including phenoxy) is 2. The zero-order valence-electron chi connectivity index (χ0n) is 14.2. The molecular formula is C19H16BrClN2O4. The zero-order valence-corrected chi connectivity index (χ0v) is 16.5. The van der Waals surface area contributed by atoms with Gasteiger partial charge in [-0.1, -0.05) is 45.6 Å². The molecule has 1 N–H and O–H groups in total. The Hall–Kier alpha value is -2.69. The molecule has 27 heavy (non-hydrogen) atoms. The number of alkyl halides is 1. The molecule has 0 aliphatic heterocycles. The van der Waals surface area contributed by atoms with Crippen LogP contribution in [0.4, 0.5) is 21.0 Å². The second-order valence-corrected chi connectivity index (χ2v) is 6.35. The van der Waals surface area contributed by atoms with Crippen LogP contribution in [0.3, 0.4) is 0 Å². The Morgan fingerprint density at radius 1 is 1.22 bits per heavy atom. The SMILES string of the molecule is C#CCOC(=O)Nc1cccc(OC(=O)N(CCBr)c2cccc(Cl)c2)c1. The van der Waals surface area contributed by atoms with Crippen LogP contribution in [-0.4, -0.2) is 30.7 Å². The smallest absolute Gasteiger partial charge is 0.419 e. The first-order chi connectivity index (χ1) is 13.0. The van der Waals surface area contributed by atoms with Crippen LogP contribution in [-0.2, 0) is 4.74 Å². The number of terminal acetylenes is 1. The van der Waals surface area contributed by atoms with Gasteiger partial charge in [0.25, 0.3) is 0 Å². The highest BCUT2D eigenvalue weighted by molar-refractivity contribution is 9.09. The molecule has 0 bridgehead atoms. The summed E-state index contributed by atoms with van der Waals surface area (Å²) >= 11 is 9.33. The lowest BCUT2D eigenvalue weighted by Gasteiger charge is -2.21. The summed E-state index contributed by atoms with van der Waals surface area (Å²) in [5.74, 6) is 2.46. The van der Waals surface area contributed by atoms with E-state index in [1.807, 2.05) is 0 Å². The number of hydrogen-bond acceptors (Lipinski definition) is 4. The Bertz CT molecular complexity index is 854. The zero-order chi connectivity index (χ0) is 19.6. The number of amides is 2. The lowest BCUT2D eigenvalue weighted by molar-refractivity contribution is 0.176. The van der Waals surface area contributed by atoms with E-state index in [2.05, 4.69) is 27.2 Å². The highest BCUT2D eigenvalue weighted by Crippen LogP contribution is 2.23. The fourth-order valence-corrected chi connectivity index (χ4v) is 2.65. The summed E-state index contributed by atoms with van der Waals surface area (Å²) in [7, 11) is 0. The van der Waals surface area contributed by atoms with Crippen molar-refractivity contribution in [2.45, 2.75) is 0 Å². The van der Waals surface area contributed by atoms with Gasteiger partial charge in [-0.3, -0.25) is 10.2 Å². The second kappa shape index (κ2) is 10.5. The number of hydrogen-bond donors (Lipinski definition) is 1. The molecule has 0 unspecified atom stereocenters. The van der Waals surface area contributed by atoms with Gasteiger partial charge in [-0.05, 0) is 30.3 Å². The van der Waals surface area contributed by atoms with Crippen LogP contribution in [0.1, 0.15) is 0 Å². The average molecular weight is 452 g/mol. The lowest BCUT2D eigenvalue weighted by Crippen LogP contribution is -2.35. The molecule has 0 saturated carbocycles. The molecular weight excluding hydrogens is 436 g/mol. The normalized spacial score (nSPS) is 9.81. The van der Waals surface area contributed by atoms with Crippen molar-refractivity contribution >= 4 is 51.1 Å². The number of carbonyl (C=O) groups is 2. The number of carbonyl (C=O) groups excluding carboxylic acids is 2.